The minimum Gasteiger partial charge on any atom is -0.143 e. The van der Waals surface area contributed by atoms with Crippen LogP contribution in [0.1, 0.15) is 49.9 Å². The lowest BCUT2D eigenvalue weighted by Crippen LogP contribution is -2.17. The third kappa shape index (κ3) is 1.66. The molecule has 138 valence electrons. The summed E-state index contributed by atoms with van der Waals surface area (Å²) in [6.45, 7) is 9.68. The van der Waals surface area contributed by atoms with Gasteiger partial charge in [-0.1, -0.05) is 27.7 Å². The van der Waals surface area contributed by atoms with E-state index in [1.807, 2.05) is 45.3 Å². The number of hydrogen-bond acceptors (Lipinski definition) is 4. The molecule has 4 heteroatoms. The molecule has 4 heterocycles. The van der Waals surface area contributed by atoms with Crippen LogP contribution >= 0.6 is 45.3 Å². The van der Waals surface area contributed by atoms with Crippen molar-refractivity contribution in [3.63, 3.8) is 0 Å². The monoisotopic (exact) mass is 434 g/mol. The maximum absolute atomic E-state index is 2.55. The standard InChI is InChI=1S/C24H18S4/c1-23(2)13-9-12-14(10-11(13)19-17(23)21-15(27-19)5-7-25-21)24(3,4)18-20(12)28-16-6-8-26-22(16)18/h5-10H,1-4H3. The van der Waals surface area contributed by atoms with E-state index in [9.17, 15) is 0 Å². The fourth-order valence-electron chi connectivity index (χ4n) is 5.44. The Morgan fingerprint density at radius 2 is 1.07 bits per heavy atom. The second-order valence-corrected chi connectivity index (χ2v) is 13.0. The van der Waals surface area contributed by atoms with Gasteiger partial charge in [0.05, 0.1) is 0 Å². The highest BCUT2D eigenvalue weighted by Crippen LogP contribution is 2.62. The average molecular weight is 435 g/mol. The second-order valence-electron chi connectivity index (χ2n) is 9.03. The van der Waals surface area contributed by atoms with E-state index in [0.29, 0.717) is 0 Å². The average Bonchev–Trinajstić information content (AvgIpc) is 3.40. The van der Waals surface area contributed by atoms with E-state index >= 15 is 0 Å². The van der Waals surface area contributed by atoms with E-state index in [0.717, 1.165) is 0 Å². The van der Waals surface area contributed by atoms with E-state index < -0.39 is 0 Å². The summed E-state index contributed by atoms with van der Waals surface area (Å²) in [5.41, 5.74) is 9.27. The first-order chi connectivity index (χ1) is 13.4. The molecule has 7 rings (SSSR count). The van der Waals surface area contributed by atoms with Crippen LogP contribution in [0.15, 0.2) is 35.0 Å². The van der Waals surface area contributed by atoms with Crippen molar-refractivity contribution >= 4 is 64.1 Å². The number of fused-ring (bicyclic) bond motifs is 10. The molecule has 4 aromatic heterocycles. The lowest BCUT2D eigenvalue weighted by Gasteiger charge is -2.24. The summed E-state index contributed by atoms with van der Waals surface area (Å²) in [6, 6.07) is 9.68. The zero-order chi connectivity index (χ0) is 19.0. The van der Waals surface area contributed by atoms with Crippen molar-refractivity contribution < 1.29 is 0 Å². The van der Waals surface area contributed by atoms with E-state index in [-0.39, 0.29) is 10.8 Å². The van der Waals surface area contributed by atoms with Crippen LogP contribution < -0.4 is 0 Å². The summed E-state index contributed by atoms with van der Waals surface area (Å²) >= 11 is 7.79. The molecule has 1 aromatic carbocycles. The van der Waals surface area contributed by atoms with Gasteiger partial charge < -0.3 is 0 Å². The molecule has 0 unspecified atom stereocenters. The minimum atomic E-state index is 0.0737. The van der Waals surface area contributed by atoms with E-state index in [4.69, 9.17) is 0 Å². The molecule has 0 spiro atoms. The van der Waals surface area contributed by atoms with Crippen molar-refractivity contribution in [3.8, 4) is 20.9 Å². The van der Waals surface area contributed by atoms with E-state index in [1.54, 1.807) is 11.1 Å². The van der Waals surface area contributed by atoms with Crippen molar-refractivity contribution in [2.24, 2.45) is 0 Å². The smallest absolute Gasteiger partial charge is 0.0497 e. The van der Waals surface area contributed by atoms with Crippen LogP contribution in [-0.4, -0.2) is 0 Å². The number of hydrogen-bond donors (Lipinski definition) is 0. The van der Waals surface area contributed by atoms with E-state index in [1.165, 1.54) is 50.8 Å². The van der Waals surface area contributed by atoms with Gasteiger partial charge in [-0.05, 0) is 68.4 Å². The summed E-state index contributed by atoms with van der Waals surface area (Å²) in [6.07, 6.45) is 0. The van der Waals surface area contributed by atoms with Crippen molar-refractivity contribution in [2.75, 3.05) is 0 Å². The minimum absolute atomic E-state index is 0.0737. The predicted octanol–water partition coefficient (Wildman–Crippen LogP) is 8.85. The van der Waals surface area contributed by atoms with Gasteiger partial charge in [0.1, 0.15) is 0 Å². The van der Waals surface area contributed by atoms with Crippen LogP contribution in [0.25, 0.3) is 39.7 Å². The number of rotatable bonds is 0. The fourth-order valence-corrected chi connectivity index (χ4v) is 10.9. The summed E-state index contributed by atoms with van der Waals surface area (Å²) in [7, 11) is 0. The van der Waals surface area contributed by atoms with Crippen molar-refractivity contribution in [1.82, 2.24) is 0 Å². The summed E-state index contributed by atoms with van der Waals surface area (Å²) in [5, 5.41) is 4.49. The van der Waals surface area contributed by atoms with Crippen LogP contribution in [0.2, 0.25) is 0 Å². The van der Waals surface area contributed by atoms with Crippen molar-refractivity contribution in [1.29, 1.82) is 0 Å². The van der Waals surface area contributed by atoms with Gasteiger partial charge >= 0.3 is 0 Å². The Labute approximate surface area is 180 Å². The van der Waals surface area contributed by atoms with Crippen molar-refractivity contribution in [3.05, 3.63) is 57.3 Å². The summed E-state index contributed by atoms with van der Waals surface area (Å²) in [4.78, 5) is 3.02. The van der Waals surface area contributed by atoms with Crippen molar-refractivity contribution in [2.45, 2.75) is 38.5 Å². The first-order valence-electron chi connectivity index (χ1n) is 9.59. The van der Waals surface area contributed by atoms with Crippen LogP contribution in [0.4, 0.5) is 0 Å². The molecule has 0 bridgehead atoms. The van der Waals surface area contributed by atoms with Gasteiger partial charge in [-0.2, -0.15) is 0 Å². The normalized spacial score (nSPS) is 17.9. The highest BCUT2D eigenvalue weighted by molar-refractivity contribution is 7.30. The predicted molar refractivity (Wildman–Crippen MR) is 128 cm³/mol. The SMILES string of the molecule is CC1(C)c2cc3c(cc2-c2sc4ccsc4c21)C(C)(C)c1c-3sc2ccsc12. The Morgan fingerprint density at radius 1 is 0.643 bits per heavy atom. The van der Waals surface area contributed by atoms with Crippen LogP contribution in [0, 0.1) is 0 Å². The second kappa shape index (κ2) is 4.81. The topological polar surface area (TPSA) is 0 Å². The van der Waals surface area contributed by atoms with Gasteiger partial charge in [-0.25, -0.2) is 0 Å². The molecule has 2 aliphatic carbocycles. The molecule has 0 atom stereocenters. The molecule has 0 saturated heterocycles. The van der Waals surface area contributed by atoms with Gasteiger partial charge in [0.25, 0.3) is 0 Å². The number of thiophene rings is 4. The highest BCUT2D eigenvalue weighted by Gasteiger charge is 2.45. The molecule has 5 aromatic rings. The Balaban J connectivity index is 1.59. The summed E-state index contributed by atoms with van der Waals surface area (Å²) < 4.78 is 5.90. The highest BCUT2D eigenvalue weighted by atomic mass is 32.1. The molecule has 28 heavy (non-hydrogen) atoms. The maximum Gasteiger partial charge on any atom is 0.0497 e. The molecule has 0 fully saturated rings. The fraction of sp³-hybridized carbons (Fsp3) is 0.250. The maximum atomic E-state index is 2.55. The largest absolute Gasteiger partial charge is 0.143 e. The molecule has 0 saturated carbocycles. The molecule has 0 amide bonds. The molecule has 2 aliphatic rings. The Bertz CT molecular complexity index is 1350. The Kier molecular flexibility index (Phi) is 2.81. The molecular weight excluding hydrogens is 417 g/mol. The van der Waals surface area contributed by atoms with Gasteiger partial charge in [0, 0.05) is 39.4 Å². The summed E-state index contributed by atoms with van der Waals surface area (Å²) in [5.74, 6) is 0. The molecule has 0 aliphatic heterocycles. The zero-order valence-corrected chi connectivity index (χ0v) is 19.4. The quantitative estimate of drug-likeness (QED) is 0.228. The van der Waals surface area contributed by atoms with E-state index in [2.05, 4.69) is 62.7 Å². The molecular formula is C24H18S4. The zero-order valence-electron chi connectivity index (χ0n) is 16.1. The van der Waals surface area contributed by atoms with Gasteiger partial charge in [-0.15, -0.1) is 45.3 Å². The Hall–Kier alpha value is -1.46. The van der Waals surface area contributed by atoms with Crippen LogP contribution in [0.3, 0.4) is 0 Å². The molecule has 0 N–H and O–H groups in total. The van der Waals surface area contributed by atoms with Gasteiger partial charge in [-0.3, -0.25) is 0 Å². The number of benzene rings is 1. The lowest BCUT2D eigenvalue weighted by molar-refractivity contribution is 0.659. The molecule has 0 radical (unpaired) electrons. The lowest BCUT2D eigenvalue weighted by atomic mass is 9.79. The third-order valence-electron chi connectivity index (χ3n) is 6.83. The van der Waals surface area contributed by atoms with Gasteiger partial charge in [0.15, 0.2) is 0 Å². The van der Waals surface area contributed by atoms with Crippen LogP contribution in [-0.2, 0) is 10.8 Å². The molecule has 0 nitrogen and oxygen atoms in total. The first kappa shape index (κ1) is 16.3. The third-order valence-corrected chi connectivity index (χ3v) is 11.3. The first-order valence-corrected chi connectivity index (χ1v) is 13.0. The Morgan fingerprint density at radius 3 is 1.50 bits per heavy atom. The van der Waals surface area contributed by atoms with Crippen LogP contribution in [0.5, 0.6) is 0 Å². The van der Waals surface area contributed by atoms with Gasteiger partial charge in [0.2, 0.25) is 0 Å².